The van der Waals surface area contributed by atoms with Crippen LogP contribution in [0.1, 0.15) is 86.1 Å². The Balaban J connectivity index is 0.000000744. The predicted molar refractivity (Wildman–Crippen MR) is 434 cm³/mol. The molecule has 5 N–H and O–H groups in total. The standard InChI is InChI=1S/2C17H16F5OP.C14H10F5OP.2C13H8F5OP.10ClH.5Zr/c1-7-5-8(17(2,3)4)6-9(15(7)23)24-16-13(21)11(19)10(18)12(20)14(16)22;1-7-5-8(17(2,3)4)15(23)9(6-7)24-16-13(21)11(19)10(18)12(20)14(16)22;1-5-3-6(2)13(20)7(4-5)21-14-11(18)9(16)8(15)10(17)12(14)19;1-5-2-3-6(19)7(4-5)20-13-11(17)9(15)8(14)10(16)12(13)18;1-5-3-2-4-6(12(5)19)20-13-10(17)8(15)7(14)9(16)11(13)18;;;;;;;;;;;;;;;/h2*5-6,23-24H,1-4H3;3-4,20-21H,1-2H3;2*2-4,19-20H,1H3;10*1H;;;;;/q;;;;;;;;;;;;;;;5*+2/p-10. The van der Waals surface area contributed by atoms with E-state index in [2.05, 4.69) is 0 Å². The maximum absolute atomic E-state index is 13.9. The Morgan fingerprint density at radius 1 is 0.234 bits per heavy atom. The zero-order valence-corrected chi connectivity index (χ0v) is 89.2. The number of rotatable bonds is 10. The van der Waals surface area contributed by atoms with E-state index in [-0.39, 0.29) is 60.7 Å². The van der Waals surface area contributed by atoms with Crippen molar-refractivity contribution in [3.8, 4) is 28.7 Å². The molecule has 5 atom stereocenters. The molecule has 0 radical (unpaired) electrons. The Kier molecular flexibility index (Phi) is 55.5. The average Bonchev–Trinajstić information content (AvgIpc) is 0.769. The molecule has 124 heavy (non-hydrogen) atoms. The summed E-state index contributed by atoms with van der Waals surface area (Å²) in [5.74, 6) is -50.7. The number of aryl methyl sites for hydroxylation is 6. The van der Waals surface area contributed by atoms with E-state index < -0.39 is 325 Å². The monoisotopic (exact) mass is 2460 g/mol. The summed E-state index contributed by atoms with van der Waals surface area (Å²) in [5, 5.41) is 45.6. The van der Waals surface area contributed by atoms with Gasteiger partial charge in [0, 0.05) is 32.1 Å². The van der Waals surface area contributed by atoms with Gasteiger partial charge in [0.05, 0.1) is 26.5 Å². The van der Waals surface area contributed by atoms with Crippen molar-refractivity contribution >= 4 is 181 Å². The third-order valence-electron chi connectivity index (χ3n) is 15.4. The molecular formula is C74H58Cl10F25O5P5Zr5. The van der Waals surface area contributed by atoms with Crippen molar-refractivity contribution in [2.24, 2.45) is 0 Å². The molecule has 674 valence electrons. The summed E-state index contributed by atoms with van der Waals surface area (Å²) >= 11 is -4.13. The van der Waals surface area contributed by atoms with Gasteiger partial charge in [0.25, 0.3) is 0 Å². The van der Waals surface area contributed by atoms with Crippen LogP contribution < -0.4 is 53.0 Å². The molecule has 0 spiro atoms. The van der Waals surface area contributed by atoms with Crippen LogP contribution in [-0.4, -0.2) is 25.5 Å². The van der Waals surface area contributed by atoms with E-state index in [4.69, 9.17) is 85.1 Å². The van der Waals surface area contributed by atoms with Crippen LogP contribution in [0.15, 0.2) is 72.8 Å². The van der Waals surface area contributed by atoms with Crippen molar-refractivity contribution in [3.05, 3.63) is 263 Å². The van der Waals surface area contributed by atoms with Crippen LogP contribution in [0, 0.1) is 187 Å². The maximum atomic E-state index is 13.9. The SMILES string of the molecule is Cc1cc(C(C)(C)C)cc(Pc2c(F)c(F)c(F)c(F)c2F)c1O.Cc1cc(C)c(O)c(Pc2c(F)c(F)c(F)c(F)c2F)c1.Cc1cc(Pc2c(F)c(F)c(F)c(F)c2F)c(O)c(C(C)(C)C)c1.Cc1ccc(O)c(Pc2c(F)c(F)c(F)c(F)c2F)c1.Cc1cccc(Pc2c(F)c(F)c(F)c(F)c2F)c1O.[Cl][Zr][Cl].[Cl][Zr][Cl].[Cl][Zr][Cl].[Cl][Zr][Cl].[Cl][Zr][Cl]. The number of halogens is 35. The minimum absolute atomic E-state index is 0.105. The second kappa shape index (κ2) is 56.9. The van der Waals surface area contributed by atoms with Crippen LogP contribution in [0.25, 0.3) is 0 Å². The molecule has 50 heteroatoms. The van der Waals surface area contributed by atoms with Gasteiger partial charge in [0.1, 0.15) is 28.7 Å². The summed E-state index contributed by atoms with van der Waals surface area (Å²) < 4.78 is 334. The molecular weight excluding hydrogens is 2410 g/mol. The molecule has 0 heterocycles. The van der Waals surface area contributed by atoms with Crippen LogP contribution >= 0.6 is 128 Å². The molecule has 0 saturated carbocycles. The van der Waals surface area contributed by atoms with Crippen LogP contribution in [0.5, 0.6) is 28.7 Å². The Bertz CT molecular complexity index is 5090. The van der Waals surface area contributed by atoms with Gasteiger partial charge in [-0.15, -0.1) is 0 Å². The normalized spacial score (nSPS) is 11.0. The van der Waals surface area contributed by atoms with Gasteiger partial charge >= 0.3 is 189 Å². The quantitative estimate of drug-likeness (QED) is 0.0406. The number of para-hydroxylation sites is 1. The number of aromatic hydroxyl groups is 5. The van der Waals surface area contributed by atoms with Crippen molar-refractivity contribution in [3.63, 3.8) is 0 Å². The molecule has 0 bridgehead atoms. The van der Waals surface area contributed by atoms with Crippen molar-refractivity contribution in [1.29, 1.82) is 0 Å². The summed E-state index contributed by atoms with van der Waals surface area (Å²) in [5.41, 5.74) is 4.03. The summed E-state index contributed by atoms with van der Waals surface area (Å²) in [7, 11) is 44.8. The fourth-order valence-corrected chi connectivity index (χ4v) is 15.8. The number of benzene rings is 10. The third kappa shape index (κ3) is 34.1. The molecule has 0 aliphatic carbocycles. The molecule has 0 aromatic heterocycles. The van der Waals surface area contributed by atoms with Crippen LogP contribution in [0.4, 0.5) is 110 Å². The summed E-state index contributed by atoms with van der Waals surface area (Å²) in [6.45, 7) is 21.1. The Morgan fingerprint density at radius 3 is 0.742 bits per heavy atom. The van der Waals surface area contributed by atoms with Crippen molar-refractivity contribution in [1.82, 2.24) is 0 Å². The first-order valence-corrected chi connectivity index (χ1v) is 69.3. The van der Waals surface area contributed by atoms with Crippen LogP contribution in [0.2, 0.25) is 0 Å². The van der Waals surface area contributed by atoms with E-state index in [1.165, 1.54) is 42.5 Å². The molecule has 10 aromatic rings. The van der Waals surface area contributed by atoms with E-state index in [0.717, 1.165) is 5.56 Å². The molecule has 0 aliphatic heterocycles. The Labute approximate surface area is 796 Å². The number of phenolic OH excluding ortho intramolecular Hbond substituents is 5. The predicted octanol–water partition coefficient (Wildman–Crippen LogP) is 24.9. The second-order valence-corrected chi connectivity index (χ2v) is 51.2. The minimum atomic E-state index is -2.19. The summed E-state index contributed by atoms with van der Waals surface area (Å²) in [6.07, 6.45) is 0. The number of hydrogen-bond donors (Lipinski definition) is 5. The first kappa shape index (κ1) is 121. The topological polar surface area (TPSA) is 101 Å². The van der Waals surface area contributed by atoms with Gasteiger partial charge in [0.2, 0.25) is 29.1 Å². The van der Waals surface area contributed by atoms with Crippen LogP contribution in [0.3, 0.4) is 0 Å². The summed E-state index contributed by atoms with van der Waals surface area (Å²) in [6, 6.07) is 18.2. The van der Waals surface area contributed by atoms with Gasteiger partial charge in [-0.25, -0.2) is 110 Å². The molecule has 5 nitrogen and oxygen atoms in total. The molecule has 0 saturated heterocycles. The second-order valence-electron chi connectivity index (χ2n) is 26.1. The zero-order valence-electron chi connectivity index (χ0n) is 64.4. The van der Waals surface area contributed by atoms with Crippen LogP contribution in [-0.2, 0) is 115 Å². The number of phenols is 5. The van der Waals surface area contributed by atoms with E-state index in [0.29, 0.717) is 38.9 Å². The van der Waals surface area contributed by atoms with E-state index >= 15 is 0 Å². The molecule has 10 aromatic carbocycles. The van der Waals surface area contributed by atoms with Gasteiger partial charge in [-0.05, 0) is 159 Å². The van der Waals surface area contributed by atoms with E-state index in [1.54, 1.807) is 71.9 Å². The molecule has 0 amide bonds. The van der Waals surface area contributed by atoms with Gasteiger partial charge in [-0.2, -0.15) is 0 Å². The fourth-order valence-electron chi connectivity index (χ4n) is 9.57. The average molecular weight is 2470 g/mol. The Hall–Kier alpha value is -1.08. The summed E-state index contributed by atoms with van der Waals surface area (Å²) in [4.78, 5) is 0. The number of hydrogen-bond acceptors (Lipinski definition) is 5. The van der Waals surface area contributed by atoms with Crippen molar-refractivity contribution < 1.29 is 240 Å². The fraction of sp³-hybridized carbons (Fsp3) is 0.189. The van der Waals surface area contributed by atoms with Crippen molar-refractivity contribution in [2.75, 3.05) is 0 Å². The molecule has 0 fully saturated rings. The van der Waals surface area contributed by atoms with Gasteiger partial charge in [-0.1, -0.05) is 89.6 Å². The molecule has 5 unspecified atom stereocenters. The first-order chi connectivity index (χ1) is 57.4. The Morgan fingerprint density at radius 2 is 0.460 bits per heavy atom. The third-order valence-corrected chi connectivity index (χ3v) is 22.1. The molecule has 0 aliphatic rings. The van der Waals surface area contributed by atoms with E-state index in [9.17, 15) is 135 Å². The van der Waals surface area contributed by atoms with Crippen molar-refractivity contribution in [2.45, 2.75) is 93.9 Å². The van der Waals surface area contributed by atoms with Gasteiger partial charge in [0.15, 0.2) is 116 Å². The van der Waals surface area contributed by atoms with Gasteiger partial charge < -0.3 is 25.5 Å². The molecule has 10 rings (SSSR count). The van der Waals surface area contributed by atoms with E-state index in [1.807, 2.05) is 41.5 Å². The first-order valence-electron chi connectivity index (χ1n) is 32.7. The van der Waals surface area contributed by atoms with Gasteiger partial charge in [-0.3, -0.25) is 0 Å². The zero-order chi connectivity index (χ0) is 96.3.